The van der Waals surface area contributed by atoms with Crippen LogP contribution in [0.5, 0.6) is 5.75 Å². The van der Waals surface area contributed by atoms with E-state index in [1.165, 1.54) is 0 Å². The maximum Gasteiger partial charge on any atom is 0.135 e. The van der Waals surface area contributed by atoms with Crippen LogP contribution in [0, 0.1) is 0 Å². The minimum Gasteiger partial charge on any atom is -0.496 e. The number of hydrogen-bond acceptors (Lipinski definition) is 4. The van der Waals surface area contributed by atoms with Gasteiger partial charge in [0.1, 0.15) is 22.9 Å². The summed E-state index contributed by atoms with van der Waals surface area (Å²) in [4.78, 5) is 2.38. The van der Waals surface area contributed by atoms with Gasteiger partial charge in [0, 0.05) is 18.2 Å². The molecular formula is C26H37NO3. The summed E-state index contributed by atoms with van der Waals surface area (Å²) in [5, 5.41) is 11.2. The van der Waals surface area contributed by atoms with Gasteiger partial charge >= 0.3 is 0 Å². The molecule has 2 rings (SSSR count). The Morgan fingerprint density at radius 1 is 1.10 bits per heavy atom. The average molecular weight is 412 g/mol. The van der Waals surface area contributed by atoms with Crippen molar-refractivity contribution in [2.75, 3.05) is 7.11 Å². The van der Waals surface area contributed by atoms with Crippen molar-refractivity contribution in [2.24, 2.45) is 0 Å². The highest BCUT2D eigenvalue weighted by molar-refractivity contribution is 5.33. The molecular weight excluding hydrogens is 374 g/mol. The lowest BCUT2D eigenvalue weighted by molar-refractivity contribution is -0.00239. The van der Waals surface area contributed by atoms with Crippen LogP contribution >= 0.6 is 0 Å². The van der Waals surface area contributed by atoms with E-state index >= 15 is 0 Å². The van der Waals surface area contributed by atoms with Crippen LogP contribution in [-0.2, 0) is 18.7 Å². The summed E-state index contributed by atoms with van der Waals surface area (Å²) in [5.41, 5.74) is 0.158. The quantitative estimate of drug-likeness (QED) is 0.375. The molecule has 0 aliphatic rings. The van der Waals surface area contributed by atoms with Gasteiger partial charge in [0.2, 0.25) is 0 Å². The monoisotopic (exact) mass is 411 g/mol. The molecule has 1 N–H and O–H groups in total. The second-order valence-corrected chi connectivity index (χ2v) is 7.93. The predicted octanol–water partition coefficient (Wildman–Crippen LogP) is 6.21. The number of methoxy groups -OCH3 is 1. The van der Waals surface area contributed by atoms with Gasteiger partial charge in [0.15, 0.2) is 0 Å². The minimum atomic E-state index is -0.996. The molecule has 0 unspecified atom stereocenters. The summed E-state index contributed by atoms with van der Waals surface area (Å²) in [6.45, 7) is 13.4. The fourth-order valence-corrected chi connectivity index (χ4v) is 3.64. The van der Waals surface area contributed by atoms with Crippen molar-refractivity contribution in [1.82, 2.24) is 4.90 Å². The first-order chi connectivity index (χ1) is 14.5. The molecule has 0 radical (unpaired) electrons. The molecule has 0 saturated heterocycles. The van der Waals surface area contributed by atoms with E-state index in [9.17, 15) is 5.11 Å². The average Bonchev–Trinajstić information content (AvgIpc) is 3.25. The molecule has 0 amide bonds. The highest BCUT2D eigenvalue weighted by atomic mass is 16.5. The van der Waals surface area contributed by atoms with Crippen LogP contribution in [-0.4, -0.2) is 23.2 Å². The Balaban J connectivity index is 2.21. The van der Waals surface area contributed by atoms with Crippen LogP contribution in [0.15, 0.2) is 66.1 Å². The van der Waals surface area contributed by atoms with Gasteiger partial charge in [-0.25, -0.2) is 0 Å². The molecule has 30 heavy (non-hydrogen) atoms. The second-order valence-electron chi connectivity index (χ2n) is 7.93. The summed E-state index contributed by atoms with van der Waals surface area (Å²) in [6.07, 6.45) is 7.35. The molecule has 1 aromatic carbocycles. The molecule has 1 aromatic heterocycles. The van der Waals surface area contributed by atoms with Gasteiger partial charge in [0.05, 0.1) is 13.7 Å². The molecule has 1 atom stereocenters. The third-order valence-electron chi connectivity index (χ3n) is 5.78. The van der Waals surface area contributed by atoms with E-state index in [2.05, 4.69) is 38.0 Å². The van der Waals surface area contributed by atoms with Gasteiger partial charge in [0.25, 0.3) is 0 Å². The largest absolute Gasteiger partial charge is 0.496 e. The summed E-state index contributed by atoms with van der Waals surface area (Å²) >= 11 is 0. The van der Waals surface area contributed by atoms with Crippen molar-refractivity contribution in [3.63, 3.8) is 0 Å². The first-order valence-corrected chi connectivity index (χ1v) is 10.9. The first kappa shape index (κ1) is 24.0. The van der Waals surface area contributed by atoms with Crippen molar-refractivity contribution >= 4 is 0 Å². The summed E-state index contributed by atoms with van der Waals surface area (Å²) in [6, 6.07) is 12.4. The van der Waals surface area contributed by atoms with Crippen LogP contribution in [0.4, 0.5) is 0 Å². The number of hydrogen-bond donors (Lipinski definition) is 1. The number of ether oxygens (including phenoxy) is 1. The minimum absolute atomic E-state index is 0.379. The molecule has 0 aliphatic heterocycles. The lowest BCUT2D eigenvalue weighted by Gasteiger charge is -2.28. The van der Waals surface area contributed by atoms with E-state index in [4.69, 9.17) is 9.15 Å². The van der Waals surface area contributed by atoms with Gasteiger partial charge in [-0.15, -0.1) is 13.2 Å². The maximum atomic E-state index is 11.2. The molecule has 164 valence electrons. The molecule has 4 heteroatoms. The Morgan fingerprint density at radius 3 is 2.37 bits per heavy atom. The van der Waals surface area contributed by atoms with Crippen molar-refractivity contribution in [1.29, 1.82) is 0 Å². The van der Waals surface area contributed by atoms with Crippen LogP contribution in [0.25, 0.3) is 0 Å². The second kappa shape index (κ2) is 11.8. The Hall–Kier alpha value is -2.30. The van der Waals surface area contributed by atoms with Crippen LogP contribution in [0.1, 0.15) is 63.0 Å². The molecule has 4 nitrogen and oxygen atoms in total. The van der Waals surface area contributed by atoms with Gasteiger partial charge in [-0.2, -0.15) is 0 Å². The van der Waals surface area contributed by atoms with Crippen LogP contribution in [0.2, 0.25) is 0 Å². The zero-order valence-electron chi connectivity index (χ0n) is 18.8. The van der Waals surface area contributed by atoms with Crippen LogP contribution < -0.4 is 4.74 Å². The molecule has 2 aromatic rings. The van der Waals surface area contributed by atoms with Crippen molar-refractivity contribution < 1.29 is 14.3 Å². The van der Waals surface area contributed by atoms with Crippen molar-refractivity contribution in [2.45, 2.75) is 70.7 Å². The fraction of sp³-hybridized carbons (Fsp3) is 0.462. The zero-order chi connectivity index (χ0) is 22.0. The summed E-state index contributed by atoms with van der Waals surface area (Å²) in [7, 11) is 1.71. The topological polar surface area (TPSA) is 45.8 Å². The third kappa shape index (κ3) is 6.35. The maximum absolute atomic E-state index is 11.2. The number of benzene rings is 1. The molecule has 0 aliphatic carbocycles. The highest BCUT2D eigenvalue weighted by Gasteiger charge is 2.31. The number of aliphatic hydroxyl groups is 1. The number of nitrogens with zero attached hydrogens (tertiary/aromatic N) is 1. The smallest absolute Gasteiger partial charge is 0.135 e. The number of furan rings is 1. The SMILES string of the molecule is C=CCCC(O)(CCC=C)c1ccc(CN(Cc2ccccc2OC)[C@@H](C)CC)o1. The van der Waals surface area contributed by atoms with E-state index in [1.54, 1.807) is 7.11 Å². The van der Waals surface area contributed by atoms with E-state index in [0.29, 0.717) is 31.2 Å². The number of rotatable bonds is 14. The Labute approximate surface area is 181 Å². The number of para-hydroxylation sites is 1. The van der Waals surface area contributed by atoms with Crippen molar-refractivity contribution in [3.05, 3.63) is 78.8 Å². The third-order valence-corrected chi connectivity index (χ3v) is 5.78. The lowest BCUT2D eigenvalue weighted by Crippen LogP contribution is -2.31. The van der Waals surface area contributed by atoms with Gasteiger partial charge in [-0.1, -0.05) is 37.3 Å². The van der Waals surface area contributed by atoms with Gasteiger partial charge in [-0.3, -0.25) is 4.90 Å². The Morgan fingerprint density at radius 2 is 1.77 bits per heavy atom. The summed E-state index contributed by atoms with van der Waals surface area (Å²) in [5.74, 6) is 2.38. The fourth-order valence-electron chi connectivity index (χ4n) is 3.64. The number of allylic oxidation sites excluding steroid dienone is 2. The predicted molar refractivity (Wildman–Crippen MR) is 123 cm³/mol. The van der Waals surface area contributed by atoms with E-state index in [1.807, 2.05) is 42.5 Å². The molecule has 0 spiro atoms. The van der Waals surface area contributed by atoms with Crippen molar-refractivity contribution in [3.8, 4) is 5.75 Å². The normalized spacial score (nSPS) is 12.7. The molecule has 1 heterocycles. The van der Waals surface area contributed by atoms with Gasteiger partial charge < -0.3 is 14.3 Å². The summed E-state index contributed by atoms with van der Waals surface area (Å²) < 4.78 is 11.7. The van der Waals surface area contributed by atoms with E-state index < -0.39 is 5.60 Å². The molecule has 0 bridgehead atoms. The Kier molecular flexibility index (Phi) is 9.41. The standard InChI is InChI=1S/C26H37NO3/c1-6-9-17-26(28,18-10-7-2)25-16-15-23(30-25)20-27(21(4)8-3)19-22-13-11-12-14-24(22)29-5/h6-7,11-16,21,28H,1-2,8-10,17-20H2,3-5H3/t21-/m0/s1. The van der Waals surface area contributed by atoms with Gasteiger partial charge in [-0.05, 0) is 57.2 Å². The highest BCUT2D eigenvalue weighted by Crippen LogP contribution is 2.34. The Bertz CT molecular complexity index is 783. The van der Waals surface area contributed by atoms with Crippen LogP contribution in [0.3, 0.4) is 0 Å². The van der Waals surface area contributed by atoms with E-state index in [-0.39, 0.29) is 0 Å². The molecule has 0 fully saturated rings. The molecule has 0 saturated carbocycles. The zero-order valence-corrected chi connectivity index (χ0v) is 18.8. The first-order valence-electron chi connectivity index (χ1n) is 10.9. The van der Waals surface area contributed by atoms with E-state index in [0.717, 1.165) is 42.9 Å². The lowest BCUT2D eigenvalue weighted by atomic mass is 9.89.